The second kappa shape index (κ2) is 9.17. The van der Waals surface area contributed by atoms with Crippen molar-refractivity contribution < 1.29 is 14.3 Å². The minimum absolute atomic E-state index is 0.225. The maximum Gasteiger partial charge on any atom is 0.338 e. The molecule has 0 saturated carbocycles. The van der Waals surface area contributed by atoms with E-state index in [-0.39, 0.29) is 12.1 Å². The molecule has 0 aliphatic carbocycles. The highest BCUT2D eigenvalue weighted by molar-refractivity contribution is 5.93. The molecule has 7 nitrogen and oxygen atoms in total. The molecule has 0 unspecified atom stereocenters. The van der Waals surface area contributed by atoms with E-state index in [0.717, 1.165) is 15.8 Å². The number of carbonyl (C=O) groups excluding carboxylic acids is 2. The van der Waals surface area contributed by atoms with Crippen LogP contribution in [0, 0.1) is 13.8 Å². The van der Waals surface area contributed by atoms with Crippen molar-refractivity contribution in [3.05, 3.63) is 81.6 Å². The van der Waals surface area contributed by atoms with Gasteiger partial charge >= 0.3 is 5.97 Å². The summed E-state index contributed by atoms with van der Waals surface area (Å²) >= 11 is 0. The predicted molar refractivity (Wildman–Crippen MR) is 114 cm³/mol. The highest BCUT2D eigenvalue weighted by Gasteiger charge is 2.10. The van der Waals surface area contributed by atoms with Crippen molar-refractivity contribution in [2.24, 2.45) is 0 Å². The average molecular weight is 405 g/mol. The Labute approximate surface area is 174 Å². The third-order valence-corrected chi connectivity index (χ3v) is 4.64. The Morgan fingerprint density at radius 2 is 1.73 bits per heavy atom. The number of esters is 1. The first-order chi connectivity index (χ1) is 14.4. The number of nitrogens with zero attached hydrogens (tertiary/aromatic N) is 2. The molecule has 0 aliphatic heterocycles. The summed E-state index contributed by atoms with van der Waals surface area (Å²) in [5.41, 5.74) is 4.32. The molecule has 3 rings (SSSR count). The fourth-order valence-electron chi connectivity index (χ4n) is 2.86. The van der Waals surface area contributed by atoms with Gasteiger partial charge in [-0.05, 0) is 68.3 Å². The van der Waals surface area contributed by atoms with Gasteiger partial charge in [-0.15, -0.1) is 0 Å². The number of anilines is 1. The molecule has 154 valence electrons. The maximum absolute atomic E-state index is 12.4. The third-order valence-electron chi connectivity index (χ3n) is 4.64. The number of ether oxygens (including phenoxy) is 1. The SMILES string of the molecule is CCOC(=O)c1ccc(NC(=O)Cn2nc(-c3ccc(C)c(C)c3)ccc2=O)cc1. The van der Waals surface area contributed by atoms with Crippen molar-refractivity contribution >= 4 is 17.6 Å². The summed E-state index contributed by atoms with van der Waals surface area (Å²) in [6.45, 7) is 5.83. The lowest BCUT2D eigenvalue weighted by molar-refractivity contribution is -0.117. The van der Waals surface area contributed by atoms with Crippen LogP contribution in [-0.2, 0) is 16.1 Å². The van der Waals surface area contributed by atoms with E-state index in [1.54, 1.807) is 37.3 Å². The highest BCUT2D eigenvalue weighted by atomic mass is 16.5. The summed E-state index contributed by atoms with van der Waals surface area (Å²) < 4.78 is 6.06. The van der Waals surface area contributed by atoms with E-state index < -0.39 is 11.9 Å². The van der Waals surface area contributed by atoms with Crippen LogP contribution in [0.15, 0.2) is 59.4 Å². The van der Waals surface area contributed by atoms with Gasteiger partial charge in [0.25, 0.3) is 5.56 Å². The Kier molecular flexibility index (Phi) is 6.41. The number of benzene rings is 2. The van der Waals surface area contributed by atoms with Crippen molar-refractivity contribution in [3.63, 3.8) is 0 Å². The summed E-state index contributed by atoms with van der Waals surface area (Å²) in [6, 6.07) is 15.3. The van der Waals surface area contributed by atoms with Crippen LogP contribution in [0.5, 0.6) is 0 Å². The van der Waals surface area contributed by atoms with Crippen LogP contribution in [0.25, 0.3) is 11.3 Å². The van der Waals surface area contributed by atoms with E-state index >= 15 is 0 Å². The zero-order valence-electron chi connectivity index (χ0n) is 17.1. The molecule has 0 saturated heterocycles. The van der Waals surface area contributed by atoms with Crippen LogP contribution < -0.4 is 10.9 Å². The number of amides is 1. The third kappa shape index (κ3) is 5.00. The highest BCUT2D eigenvalue weighted by Crippen LogP contribution is 2.19. The Balaban J connectivity index is 1.72. The summed E-state index contributed by atoms with van der Waals surface area (Å²) in [5.74, 6) is -0.819. The van der Waals surface area contributed by atoms with Crippen LogP contribution in [0.3, 0.4) is 0 Å². The molecule has 3 aromatic rings. The minimum Gasteiger partial charge on any atom is -0.462 e. The second-order valence-corrected chi connectivity index (χ2v) is 6.86. The van der Waals surface area contributed by atoms with Crippen LogP contribution in [-0.4, -0.2) is 28.3 Å². The topological polar surface area (TPSA) is 90.3 Å². The molecule has 0 atom stereocenters. The normalized spacial score (nSPS) is 10.5. The number of carbonyl (C=O) groups is 2. The molecule has 1 aromatic heterocycles. The number of aryl methyl sites for hydroxylation is 2. The average Bonchev–Trinajstić information content (AvgIpc) is 2.72. The summed E-state index contributed by atoms with van der Waals surface area (Å²) in [4.78, 5) is 36.3. The van der Waals surface area contributed by atoms with Gasteiger partial charge in [0.05, 0.1) is 17.9 Å². The van der Waals surface area contributed by atoms with Crippen molar-refractivity contribution in [1.82, 2.24) is 9.78 Å². The fraction of sp³-hybridized carbons (Fsp3) is 0.217. The molecule has 0 radical (unpaired) electrons. The van der Waals surface area contributed by atoms with Gasteiger partial charge in [0.1, 0.15) is 6.54 Å². The molecule has 30 heavy (non-hydrogen) atoms. The van der Waals surface area contributed by atoms with E-state index in [1.165, 1.54) is 11.6 Å². The largest absolute Gasteiger partial charge is 0.462 e. The standard InChI is InChI=1S/C23H23N3O4/c1-4-30-23(29)17-7-9-19(10-8-17)24-21(27)14-26-22(28)12-11-20(25-26)18-6-5-15(2)16(3)13-18/h5-13H,4,14H2,1-3H3,(H,24,27). The Hall–Kier alpha value is -3.74. The smallest absolute Gasteiger partial charge is 0.338 e. The van der Waals surface area contributed by atoms with E-state index in [9.17, 15) is 14.4 Å². The van der Waals surface area contributed by atoms with Gasteiger partial charge in [-0.2, -0.15) is 5.10 Å². The molecular formula is C23H23N3O4. The van der Waals surface area contributed by atoms with Crippen molar-refractivity contribution in [1.29, 1.82) is 0 Å². The molecule has 2 aromatic carbocycles. The lowest BCUT2D eigenvalue weighted by Gasteiger charge is -2.10. The van der Waals surface area contributed by atoms with Gasteiger partial charge in [-0.3, -0.25) is 9.59 Å². The van der Waals surface area contributed by atoms with Crippen molar-refractivity contribution in [2.75, 3.05) is 11.9 Å². The quantitative estimate of drug-likeness (QED) is 0.635. The number of hydrogen-bond acceptors (Lipinski definition) is 5. The van der Waals surface area contributed by atoms with E-state index in [2.05, 4.69) is 10.4 Å². The molecule has 1 heterocycles. The Morgan fingerprint density at radius 1 is 1.00 bits per heavy atom. The number of nitrogens with one attached hydrogen (secondary N) is 1. The molecule has 1 N–H and O–H groups in total. The number of hydrogen-bond donors (Lipinski definition) is 1. The second-order valence-electron chi connectivity index (χ2n) is 6.86. The minimum atomic E-state index is -0.422. The monoisotopic (exact) mass is 405 g/mol. The number of rotatable bonds is 6. The predicted octanol–water partition coefficient (Wildman–Crippen LogP) is 3.34. The Bertz CT molecular complexity index is 1130. The van der Waals surface area contributed by atoms with Crippen LogP contribution >= 0.6 is 0 Å². The molecular weight excluding hydrogens is 382 g/mol. The molecule has 0 fully saturated rings. The van der Waals surface area contributed by atoms with Crippen LogP contribution in [0.2, 0.25) is 0 Å². The van der Waals surface area contributed by atoms with Gasteiger partial charge in [0.2, 0.25) is 5.91 Å². The van der Waals surface area contributed by atoms with E-state index in [1.807, 2.05) is 32.0 Å². The van der Waals surface area contributed by atoms with Gasteiger partial charge in [0, 0.05) is 17.3 Å². The molecule has 1 amide bonds. The summed E-state index contributed by atoms with van der Waals surface area (Å²) in [6.07, 6.45) is 0. The zero-order chi connectivity index (χ0) is 21.7. The fourth-order valence-corrected chi connectivity index (χ4v) is 2.86. The molecule has 7 heteroatoms. The molecule has 0 aliphatic rings. The first-order valence-corrected chi connectivity index (χ1v) is 9.60. The van der Waals surface area contributed by atoms with Crippen molar-refractivity contribution in [2.45, 2.75) is 27.3 Å². The Morgan fingerprint density at radius 3 is 2.40 bits per heavy atom. The van der Waals surface area contributed by atoms with Gasteiger partial charge in [-0.1, -0.05) is 12.1 Å². The van der Waals surface area contributed by atoms with Gasteiger partial charge in [0.15, 0.2) is 0 Å². The van der Waals surface area contributed by atoms with E-state index in [0.29, 0.717) is 23.6 Å². The lowest BCUT2D eigenvalue weighted by atomic mass is 10.0. The lowest BCUT2D eigenvalue weighted by Crippen LogP contribution is -2.29. The first kappa shape index (κ1) is 21.0. The summed E-state index contributed by atoms with van der Waals surface area (Å²) in [7, 11) is 0. The van der Waals surface area contributed by atoms with E-state index in [4.69, 9.17) is 4.74 Å². The van der Waals surface area contributed by atoms with Crippen LogP contribution in [0.1, 0.15) is 28.4 Å². The molecule has 0 bridgehead atoms. The van der Waals surface area contributed by atoms with Crippen molar-refractivity contribution in [3.8, 4) is 11.3 Å². The van der Waals surface area contributed by atoms with Crippen LogP contribution in [0.4, 0.5) is 5.69 Å². The number of aromatic nitrogens is 2. The maximum atomic E-state index is 12.4. The first-order valence-electron chi connectivity index (χ1n) is 9.60. The summed E-state index contributed by atoms with van der Waals surface area (Å²) in [5, 5.41) is 7.04. The zero-order valence-corrected chi connectivity index (χ0v) is 17.1. The van der Waals surface area contributed by atoms with Gasteiger partial charge < -0.3 is 10.1 Å². The van der Waals surface area contributed by atoms with Gasteiger partial charge in [-0.25, -0.2) is 9.48 Å². The molecule has 0 spiro atoms.